The van der Waals surface area contributed by atoms with Gasteiger partial charge < -0.3 is 14.5 Å². The van der Waals surface area contributed by atoms with Crippen LogP contribution in [0.25, 0.3) is 11.3 Å². The molecule has 0 fully saturated rings. The fourth-order valence-corrected chi connectivity index (χ4v) is 1.52. The minimum absolute atomic E-state index is 0.794. The first-order valence-corrected chi connectivity index (χ1v) is 4.71. The Kier molecular flexibility index (Phi) is 2.63. The Bertz CT molecular complexity index is 435. The van der Waals surface area contributed by atoms with Crippen molar-refractivity contribution in [3.8, 4) is 22.8 Å². The number of hydrogen-bond donors (Lipinski definition) is 1. The van der Waals surface area contributed by atoms with Crippen LogP contribution in [0.4, 0.5) is 0 Å². The van der Waals surface area contributed by atoms with Crippen molar-refractivity contribution in [2.24, 2.45) is 0 Å². The van der Waals surface area contributed by atoms with Crippen molar-refractivity contribution in [3.05, 3.63) is 36.5 Å². The van der Waals surface area contributed by atoms with Gasteiger partial charge in [-0.25, -0.2) is 0 Å². The van der Waals surface area contributed by atoms with Gasteiger partial charge in [0.25, 0.3) is 0 Å². The Balaban J connectivity index is 2.48. The van der Waals surface area contributed by atoms with Crippen LogP contribution in [0.1, 0.15) is 0 Å². The Morgan fingerprint density at radius 2 is 1.93 bits per heavy atom. The molecule has 0 saturated heterocycles. The molecular weight excluding hydrogens is 190 g/mol. The van der Waals surface area contributed by atoms with Crippen molar-refractivity contribution < 1.29 is 9.47 Å². The molecule has 2 aromatic rings. The average Bonchev–Trinajstić information content (AvgIpc) is 2.81. The van der Waals surface area contributed by atoms with Gasteiger partial charge in [-0.1, -0.05) is 0 Å². The number of methoxy groups -OCH3 is 2. The van der Waals surface area contributed by atoms with Crippen LogP contribution in [0.2, 0.25) is 0 Å². The maximum Gasteiger partial charge on any atom is 0.131 e. The Morgan fingerprint density at radius 1 is 1.07 bits per heavy atom. The summed E-state index contributed by atoms with van der Waals surface area (Å²) in [6, 6.07) is 9.72. The fourth-order valence-electron chi connectivity index (χ4n) is 1.52. The first kappa shape index (κ1) is 9.65. The van der Waals surface area contributed by atoms with Gasteiger partial charge in [-0.15, -0.1) is 0 Å². The van der Waals surface area contributed by atoms with E-state index >= 15 is 0 Å². The van der Waals surface area contributed by atoms with Crippen LogP contribution >= 0.6 is 0 Å². The molecular formula is C12H13NO2. The minimum atomic E-state index is 0.794. The van der Waals surface area contributed by atoms with Crippen LogP contribution in [0.3, 0.4) is 0 Å². The smallest absolute Gasteiger partial charge is 0.131 e. The highest BCUT2D eigenvalue weighted by atomic mass is 16.5. The molecule has 3 nitrogen and oxygen atoms in total. The lowest BCUT2D eigenvalue weighted by Gasteiger charge is -2.08. The van der Waals surface area contributed by atoms with E-state index in [0.29, 0.717) is 0 Å². The van der Waals surface area contributed by atoms with E-state index in [9.17, 15) is 0 Å². The number of benzene rings is 1. The molecule has 0 bridgehead atoms. The van der Waals surface area contributed by atoms with Crippen molar-refractivity contribution in [3.63, 3.8) is 0 Å². The molecule has 0 unspecified atom stereocenters. The zero-order valence-electron chi connectivity index (χ0n) is 8.78. The number of aromatic nitrogens is 1. The standard InChI is InChI=1S/C12H13NO2/c1-14-9-5-6-10(12(8-9)15-2)11-4-3-7-13-11/h3-8,13H,1-2H3. The molecule has 15 heavy (non-hydrogen) atoms. The molecule has 1 aromatic carbocycles. The second-order valence-electron chi connectivity index (χ2n) is 3.15. The second kappa shape index (κ2) is 4.09. The number of nitrogens with one attached hydrogen (secondary N) is 1. The van der Waals surface area contributed by atoms with Crippen LogP contribution in [0.15, 0.2) is 36.5 Å². The summed E-state index contributed by atoms with van der Waals surface area (Å²) in [6.07, 6.45) is 1.89. The Morgan fingerprint density at radius 3 is 2.53 bits per heavy atom. The maximum atomic E-state index is 5.31. The summed E-state index contributed by atoms with van der Waals surface area (Å²) in [7, 11) is 3.30. The molecule has 1 heterocycles. The van der Waals surface area contributed by atoms with Gasteiger partial charge in [0.1, 0.15) is 11.5 Å². The lowest BCUT2D eigenvalue weighted by molar-refractivity contribution is 0.395. The van der Waals surface area contributed by atoms with Crippen LogP contribution in [0.5, 0.6) is 11.5 Å². The van der Waals surface area contributed by atoms with Crippen molar-refractivity contribution in [1.82, 2.24) is 4.98 Å². The monoisotopic (exact) mass is 203 g/mol. The van der Waals surface area contributed by atoms with Crippen molar-refractivity contribution in [1.29, 1.82) is 0 Å². The Hall–Kier alpha value is -1.90. The summed E-state index contributed by atoms with van der Waals surface area (Å²) in [5.74, 6) is 1.60. The molecule has 1 aromatic heterocycles. The average molecular weight is 203 g/mol. The van der Waals surface area contributed by atoms with Gasteiger partial charge in [-0.3, -0.25) is 0 Å². The largest absolute Gasteiger partial charge is 0.497 e. The highest BCUT2D eigenvalue weighted by molar-refractivity contribution is 5.68. The first-order chi connectivity index (χ1) is 7.35. The van der Waals surface area contributed by atoms with E-state index in [2.05, 4.69) is 4.98 Å². The number of H-pyrrole nitrogens is 1. The number of aromatic amines is 1. The summed E-state index contributed by atoms with van der Waals surface area (Å²) in [4.78, 5) is 3.14. The summed E-state index contributed by atoms with van der Waals surface area (Å²) in [5, 5.41) is 0. The summed E-state index contributed by atoms with van der Waals surface area (Å²) in [6.45, 7) is 0. The predicted molar refractivity (Wildman–Crippen MR) is 59.3 cm³/mol. The van der Waals surface area contributed by atoms with E-state index in [-0.39, 0.29) is 0 Å². The van der Waals surface area contributed by atoms with Crippen LogP contribution in [-0.2, 0) is 0 Å². The highest BCUT2D eigenvalue weighted by Gasteiger charge is 2.07. The molecule has 3 heteroatoms. The van der Waals surface area contributed by atoms with Gasteiger partial charge in [0.15, 0.2) is 0 Å². The zero-order valence-corrected chi connectivity index (χ0v) is 8.78. The third-order valence-electron chi connectivity index (χ3n) is 2.30. The van der Waals surface area contributed by atoms with Gasteiger partial charge in [0.05, 0.1) is 14.2 Å². The van der Waals surface area contributed by atoms with Crippen molar-refractivity contribution in [2.75, 3.05) is 14.2 Å². The third kappa shape index (κ3) is 1.81. The number of hydrogen-bond acceptors (Lipinski definition) is 2. The molecule has 0 aliphatic heterocycles. The van der Waals surface area contributed by atoms with Crippen molar-refractivity contribution >= 4 is 0 Å². The molecule has 1 N–H and O–H groups in total. The Labute approximate surface area is 88.7 Å². The predicted octanol–water partition coefficient (Wildman–Crippen LogP) is 2.70. The van der Waals surface area contributed by atoms with E-state index in [1.54, 1.807) is 14.2 Å². The first-order valence-electron chi connectivity index (χ1n) is 4.71. The van der Waals surface area contributed by atoms with Crippen LogP contribution < -0.4 is 9.47 Å². The maximum absolute atomic E-state index is 5.31. The van der Waals surface area contributed by atoms with Gasteiger partial charge >= 0.3 is 0 Å². The molecule has 0 saturated carbocycles. The third-order valence-corrected chi connectivity index (χ3v) is 2.30. The van der Waals surface area contributed by atoms with Gasteiger partial charge in [-0.05, 0) is 24.3 Å². The topological polar surface area (TPSA) is 34.2 Å². The zero-order chi connectivity index (χ0) is 10.7. The van der Waals surface area contributed by atoms with Crippen molar-refractivity contribution in [2.45, 2.75) is 0 Å². The van der Waals surface area contributed by atoms with E-state index in [1.165, 1.54) is 0 Å². The molecule has 0 radical (unpaired) electrons. The van der Waals surface area contributed by atoms with E-state index in [1.807, 2.05) is 36.5 Å². The molecule has 0 aliphatic carbocycles. The van der Waals surface area contributed by atoms with Gasteiger partial charge in [0, 0.05) is 23.5 Å². The second-order valence-corrected chi connectivity index (χ2v) is 3.15. The lowest BCUT2D eigenvalue weighted by Crippen LogP contribution is -1.90. The quantitative estimate of drug-likeness (QED) is 0.832. The lowest BCUT2D eigenvalue weighted by atomic mass is 10.1. The van der Waals surface area contributed by atoms with Gasteiger partial charge in [-0.2, -0.15) is 0 Å². The molecule has 0 spiro atoms. The van der Waals surface area contributed by atoms with Gasteiger partial charge in [0.2, 0.25) is 0 Å². The van der Waals surface area contributed by atoms with E-state index in [0.717, 1.165) is 22.8 Å². The van der Waals surface area contributed by atoms with Crippen LogP contribution in [-0.4, -0.2) is 19.2 Å². The SMILES string of the molecule is COc1ccc(-c2ccc[nH]2)c(OC)c1. The summed E-state index contributed by atoms with van der Waals surface area (Å²) >= 11 is 0. The molecule has 0 atom stereocenters. The van der Waals surface area contributed by atoms with Crippen LogP contribution in [0, 0.1) is 0 Å². The summed E-state index contributed by atoms with van der Waals surface area (Å²) < 4.78 is 10.5. The van der Waals surface area contributed by atoms with E-state index in [4.69, 9.17) is 9.47 Å². The minimum Gasteiger partial charge on any atom is -0.497 e. The number of rotatable bonds is 3. The normalized spacial score (nSPS) is 10.0. The molecule has 2 rings (SSSR count). The molecule has 78 valence electrons. The fraction of sp³-hybridized carbons (Fsp3) is 0.167. The number of ether oxygens (including phenoxy) is 2. The molecule has 0 aliphatic rings. The molecule has 0 amide bonds. The summed E-state index contributed by atoms with van der Waals surface area (Å²) in [5.41, 5.74) is 2.07. The highest BCUT2D eigenvalue weighted by Crippen LogP contribution is 2.31. The van der Waals surface area contributed by atoms with E-state index < -0.39 is 0 Å².